The van der Waals surface area contributed by atoms with Crippen molar-refractivity contribution < 1.29 is 9.15 Å². The number of benzene rings is 1. The van der Waals surface area contributed by atoms with Gasteiger partial charge in [0.05, 0.1) is 13.2 Å². The van der Waals surface area contributed by atoms with Crippen LogP contribution in [0.1, 0.15) is 12.6 Å². The zero-order valence-corrected chi connectivity index (χ0v) is 15.7. The highest BCUT2D eigenvalue weighted by molar-refractivity contribution is 14.0. The fourth-order valence-corrected chi connectivity index (χ4v) is 1.87. The molecule has 0 atom stereocenters. The Bertz CT molecular complexity index is 587. The summed E-state index contributed by atoms with van der Waals surface area (Å²) in [4.78, 5) is 8.93. The molecule has 2 N–H and O–H groups in total. The third-order valence-electron chi connectivity index (χ3n) is 2.91. The van der Waals surface area contributed by atoms with Gasteiger partial charge in [0.15, 0.2) is 5.96 Å². The number of aromatic nitrogens is 1. The van der Waals surface area contributed by atoms with E-state index in [4.69, 9.17) is 9.15 Å². The Morgan fingerprint density at radius 3 is 2.74 bits per heavy atom. The third-order valence-corrected chi connectivity index (χ3v) is 2.91. The van der Waals surface area contributed by atoms with E-state index in [1.54, 1.807) is 13.4 Å². The summed E-state index contributed by atoms with van der Waals surface area (Å²) in [6.45, 7) is 4.62. The Kier molecular flexibility index (Phi) is 9.30. The lowest BCUT2D eigenvalue weighted by Gasteiger charge is -2.10. The van der Waals surface area contributed by atoms with Gasteiger partial charge in [-0.2, -0.15) is 0 Å². The molecule has 0 bridgehead atoms. The van der Waals surface area contributed by atoms with Gasteiger partial charge in [-0.3, -0.25) is 0 Å². The number of hydrogen-bond donors (Lipinski definition) is 2. The number of hydrogen-bond acceptors (Lipinski definition) is 4. The maximum absolute atomic E-state index is 5.50. The molecule has 0 aliphatic carbocycles. The molecule has 0 aliphatic rings. The van der Waals surface area contributed by atoms with Crippen LogP contribution in [0.3, 0.4) is 0 Å². The van der Waals surface area contributed by atoms with Crippen molar-refractivity contribution in [2.24, 2.45) is 4.99 Å². The normalized spacial score (nSPS) is 11.0. The second-order valence-electron chi connectivity index (χ2n) is 4.62. The van der Waals surface area contributed by atoms with E-state index in [0.29, 0.717) is 25.6 Å². The van der Waals surface area contributed by atoms with Crippen molar-refractivity contribution >= 4 is 29.9 Å². The average Bonchev–Trinajstić information content (AvgIpc) is 3.03. The van der Waals surface area contributed by atoms with Crippen LogP contribution in [0.25, 0.3) is 11.5 Å². The molecule has 1 aromatic carbocycles. The van der Waals surface area contributed by atoms with Crippen LogP contribution in [0.15, 0.2) is 46.0 Å². The van der Waals surface area contributed by atoms with Gasteiger partial charge in [-0.15, -0.1) is 24.0 Å². The van der Waals surface area contributed by atoms with E-state index in [2.05, 4.69) is 20.6 Å². The molecule has 0 amide bonds. The summed E-state index contributed by atoms with van der Waals surface area (Å²) in [5, 5.41) is 6.36. The highest BCUT2D eigenvalue weighted by atomic mass is 127. The van der Waals surface area contributed by atoms with Crippen LogP contribution in [0.5, 0.6) is 0 Å². The predicted octanol–water partition coefficient (Wildman–Crippen LogP) is 2.66. The van der Waals surface area contributed by atoms with Gasteiger partial charge >= 0.3 is 0 Å². The van der Waals surface area contributed by atoms with E-state index in [0.717, 1.165) is 23.8 Å². The first-order chi connectivity index (χ1) is 10.8. The number of guanidine groups is 1. The molecule has 2 rings (SSSR count). The molecule has 0 unspecified atom stereocenters. The minimum Gasteiger partial charge on any atom is -0.444 e. The molecule has 126 valence electrons. The minimum atomic E-state index is 0. The lowest BCUT2D eigenvalue weighted by Crippen LogP contribution is -2.38. The van der Waals surface area contributed by atoms with Crippen LogP contribution in [-0.4, -0.2) is 37.7 Å². The Morgan fingerprint density at radius 1 is 1.26 bits per heavy atom. The number of nitrogens with one attached hydrogen (secondary N) is 2. The molecule has 0 saturated carbocycles. The molecular formula is C16H23IN4O2. The Balaban J connectivity index is 0.00000264. The number of oxazole rings is 1. The van der Waals surface area contributed by atoms with Gasteiger partial charge in [0, 0.05) is 25.8 Å². The summed E-state index contributed by atoms with van der Waals surface area (Å²) in [6, 6.07) is 9.82. The monoisotopic (exact) mass is 430 g/mol. The van der Waals surface area contributed by atoms with Gasteiger partial charge in [-0.05, 0) is 19.1 Å². The highest BCUT2D eigenvalue weighted by Crippen LogP contribution is 2.18. The van der Waals surface area contributed by atoms with E-state index in [1.807, 2.05) is 37.3 Å². The number of halogens is 1. The van der Waals surface area contributed by atoms with Crippen molar-refractivity contribution in [2.75, 3.05) is 26.8 Å². The Labute approximate surface area is 153 Å². The number of aliphatic imine (C=N–C) groups is 1. The van der Waals surface area contributed by atoms with Crippen molar-refractivity contribution in [3.05, 3.63) is 42.3 Å². The summed E-state index contributed by atoms with van der Waals surface area (Å²) in [6.07, 6.45) is 1.64. The van der Waals surface area contributed by atoms with Gasteiger partial charge in [0.25, 0.3) is 0 Å². The van der Waals surface area contributed by atoms with Crippen LogP contribution in [0, 0.1) is 0 Å². The molecule has 0 radical (unpaired) electrons. The largest absolute Gasteiger partial charge is 0.444 e. The van der Waals surface area contributed by atoms with E-state index < -0.39 is 0 Å². The topological polar surface area (TPSA) is 71.7 Å². The fraction of sp³-hybridized carbons (Fsp3) is 0.375. The molecule has 0 fully saturated rings. The zero-order chi connectivity index (χ0) is 15.6. The molecule has 0 saturated heterocycles. The molecule has 6 nitrogen and oxygen atoms in total. The van der Waals surface area contributed by atoms with Gasteiger partial charge < -0.3 is 19.8 Å². The van der Waals surface area contributed by atoms with Crippen molar-refractivity contribution in [1.82, 2.24) is 15.6 Å². The van der Waals surface area contributed by atoms with E-state index in [1.165, 1.54) is 0 Å². The summed E-state index contributed by atoms with van der Waals surface area (Å²) >= 11 is 0. The van der Waals surface area contributed by atoms with Crippen LogP contribution in [0.4, 0.5) is 0 Å². The van der Waals surface area contributed by atoms with Crippen molar-refractivity contribution in [2.45, 2.75) is 13.5 Å². The van der Waals surface area contributed by atoms with Crippen molar-refractivity contribution in [3.8, 4) is 11.5 Å². The summed E-state index contributed by atoms with van der Waals surface area (Å²) in [5.41, 5.74) is 1.76. The van der Waals surface area contributed by atoms with E-state index in [9.17, 15) is 0 Å². The van der Waals surface area contributed by atoms with Gasteiger partial charge in [-0.1, -0.05) is 18.2 Å². The van der Waals surface area contributed by atoms with Crippen LogP contribution < -0.4 is 10.6 Å². The molecular weight excluding hydrogens is 407 g/mol. The first-order valence-corrected chi connectivity index (χ1v) is 7.34. The molecule has 1 aromatic heterocycles. The fourth-order valence-electron chi connectivity index (χ4n) is 1.87. The quantitative estimate of drug-likeness (QED) is 0.306. The van der Waals surface area contributed by atoms with Gasteiger partial charge in [0.1, 0.15) is 12.0 Å². The minimum absolute atomic E-state index is 0. The first kappa shape index (κ1) is 19.4. The van der Waals surface area contributed by atoms with Crippen LogP contribution >= 0.6 is 24.0 Å². The standard InChI is InChI=1S/C16H22N4O2.HI/c1-3-17-16(18-9-10-21-2)19-11-14-12-22-15(20-14)13-7-5-4-6-8-13;/h4-8,12H,3,9-11H2,1-2H3,(H2,17,18,19);1H. The first-order valence-electron chi connectivity index (χ1n) is 7.34. The molecule has 0 aliphatic heterocycles. The van der Waals surface area contributed by atoms with E-state index in [-0.39, 0.29) is 24.0 Å². The third kappa shape index (κ3) is 6.57. The summed E-state index contributed by atoms with van der Waals surface area (Å²) in [5.74, 6) is 1.35. The zero-order valence-electron chi connectivity index (χ0n) is 13.4. The van der Waals surface area contributed by atoms with Crippen LogP contribution in [-0.2, 0) is 11.3 Å². The number of rotatable bonds is 7. The summed E-state index contributed by atoms with van der Waals surface area (Å²) in [7, 11) is 1.67. The average molecular weight is 430 g/mol. The van der Waals surface area contributed by atoms with E-state index >= 15 is 0 Å². The SMILES string of the molecule is CCNC(=NCc1coc(-c2ccccc2)n1)NCCOC.I. The van der Waals surface area contributed by atoms with Crippen molar-refractivity contribution in [1.29, 1.82) is 0 Å². The number of nitrogens with zero attached hydrogens (tertiary/aromatic N) is 2. The molecule has 2 aromatic rings. The Hall–Kier alpha value is -1.61. The summed E-state index contributed by atoms with van der Waals surface area (Å²) < 4.78 is 10.5. The molecule has 7 heteroatoms. The maximum Gasteiger partial charge on any atom is 0.226 e. The molecule has 1 heterocycles. The maximum atomic E-state index is 5.50. The van der Waals surface area contributed by atoms with Crippen LogP contribution in [0.2, 0.25) is 0 Å². The lowest BCUT2D eigenvalue weighted by atomic mass is 10.2. The van der Waals surface area contributed by atoms with Gasteiger partial charge in [0.2, 0.25) is 5.89 Å². The van der Waals surface area contributed by atoms with Gasteiger partial charge in [-0.25, -0.2) is 9.98 Å². The van der Waals surface area contributed by atoms with Crippen molar-refractivity contribution in [3.63, 3.8) is 0 Å². The predicted molar refractivity (Wildman–Crippen MR) is 102 cm³/mol. The highest BCUT2D eigenvalue weighted by Gasteiger charge is 2.06. The second-order valence-corrected chi connectivity index (χ2v) is 4.62. The lowest BCUT2D eigenvalue weighted by molar-refractivity contribution is 0.203. The molecule has 0 spiro atoms. The smallest absolute Gasteiger partial charge is 0.226 e. The second kappa shape index (κ2) is 11.0. The number of methoxy groups -OCH3 is 1. The molecule has 23 heavy (non-hydrogen) atoms. The number of ether oxygens (including phenoxy) is 1. The Morgan fingerprint density at radius 2 is 2.04 bits per heavy atom.